The van der Waals surface area contributed by atoms with Crippen LogP contribution in [0.1, 0.15) is 0 Å². The molecule has 3 aliphatic rings. The summed E-state index contributed by atoms with van der Waals surface area (Å²) in [5.41, 5.74) is 7.12. The van der Waals surface area contributed by atoms with E-state index in [4.69, 9.17) is 0 Å². The summed E-state index contributed by atoms with van der Waals surface area (Å²) >= 11 is 0. The molecule has 0 bridgehead atoms. The van der Waals surface area contributed by atoms with Gasteiger partial charge in [-0.25, -0.2) is 0 Å². The van der Waals surface area contributed by atoms with Gasteiger partial charge in [0.15, 0.2) is 0 Å². The van der Waals surface area contributed by atoms with Crippen molar-refractivity contribution in [2.24, 2.45) is 0 Å². The zero-order valence-corrected chi connectivity index (χ0v) is 36.3. The van der Waals surface area contributed by atoms with Gasteiger partial charge >= 0.3 is 13.8 Å². The summed E-state index contributed by atoms with van der Waals surface area (Å²) < 4.78 is 2.59. The van der Waals surface area contributed by atoms with Crippen LogP contribution in [0.2, 0.25) is 0 Å². The van der Waals surface area contributed by atoms with Crippen LogP contribution < -0.4 is 20.5 Å². The van der Waals surface area contributed by atoms with Crippen molar-refractivity contribution in [3.05, 3.63) is 265 Å². The van der Waals surface area contributed by atoms with Crippen molar-refractivity contribution in [3.8, 4) is 11.1 Å². The minimum atomic E-state index is -0.110. The fraction of sp³-hybridized carbons (Fsp3) is 0. The van der Waals surface area contributed by atoms with Gasteiger partial charge in [0.1, 0.15) is 0 Å². The van der Waals surface area contributed by atoms with E-state index in [0.29, 0.717) is 0 Å². The van der Waals surface area contributed by atoms with E-state index in [9.17, 15) is 0 Å². The highest BCUT2D eigenvalue weighted by molar-refractivity contribution is 6.99. The van der Waals surface area contributed by atoms with E-state index in [0.717, 1.165) is 11.4 Å². The summed E-state index contributed by atoms with van der Waals surface area (Å²) in [7, 11) is 0. The van der Waals surface area contributed by atoms with E-state index in [-0.39, 0.29) is 13.8 Å². The third-order valence-electron chi connectivity index (χ3n) is 13.9. The molecule has 10 aromatic carbocycles. The zero-order valence-electron chi connectivity index (χ0n) is 36.3. The molecule has 306 valence electrons. The molecule has 0 N–H and O–H groups in total. The molecule has 4 heteroatoms. The summed E-state index contributed by atoms with van der Waals surface area (Å²) in [5, 5.41) is 17.6. The largest absolute Gasteiger partial charge is 0.430 e. The number of rotatable bonds is 5. The Bertz CT molecular complexity index is 3970. The Labute approximate surface area is 384 Å². The number of fused-ring (bicyclic) bond motifs is 10. The molecule has 1 aliphatic heterocycles. The molecule has 1 heterocycles. The smallest absolute Gasteiger partial charge is 0.403 e. The lowest BCUT2D eigenvalue weighted by Gasteiger charge is -2.44. The maximum absolute atomic E-state index is 2.59. The Balaban J connectivity index is 1.09. The molecule has 0 amide bonds. The second kappa shape index (κ2) is 15.7. The standard InChI is InChI=1S/C62H42B2N2/c1-4-20-45(21-5-1)63-39-40-65(47-24-8-3-9-25-47)64(46-22-6-2-7-23-46)66(63)48-26-16-19-43(41-48)44-37-38-55-59-36-18-34-57-52-30-13-11-28-50(52)49-27-10-12-29-51(49)56-33-17-35-58(61(56)62(57)59)53-31-14-15-32-54(53)60(55)42-44/h1-42H. The van der Waals surface area contributed by atoms with Crippen LogP contribution in [0.15, 0.2) is 255 Å². The second-order valence-electron chi connectivity index (χ2n) is 17.5. The number of para-hydroxylation sites is 1. The first-order chi connectivity index (χ1) is 32.8. The van der Waals surface area contributed by atoms with Crippen LogP contribution in [-0.2, 0) is 0 Å². The van der Waals surface area contributed by atoms with Gasteiger partial charge in [0.25, 0.3) is 0 Å². The van der Waals surface area contributed by atoms with E-state index >= 15 is 0 Å². The van der Waals surface area contributed by atoms with E-state index in [1.807, 2.05) is 0 Å². The minimum absolute atomic E-state index is 0.00566. The molecule has 0 radical (unpaired) electrons. The monoisotopic (exact) mass is 836 g/mol. The van der Waals surface area contributed by atoms with Crippen molar-refractivity contribution in [2.75, 3.05) is 9.53 Å². The highest BCUT2D eigenvalue weighted by atomic mass is 15.2. The molecule has 0 spiro atoms. The first kappa shape index (κ1) is 38.2. The number of nitrogens with zero attached hydrogens (tertiary/aromatic N) is 2. The Hall–Kier alpha value is -8.33. The first-order valence-corrected chi connectivity index (χ1v) is 23.0. The van der Waals surface area contributed by atoms with E-state index in [1.54, 1.807) is 0 Å². The van der Waals surface area contributed by atoms with Crippen LogP contribution in [0, 0.1) is 10.4 Å². The van der Waals surface area contributed by atoms with Crippen LogP contribution in [-0.4, -0.2) is 13.8 Å². The van der Waals surface area contributed by atoms with Gasteiger partial charge in [-0.15, -0.1) is 0 Å². The molecule has 10 aromatic rings. The zero-order chi connectivity index (χ0) is 43.6. The predicted molar refractivity (Wildman–Crippen MR) is 285 cm³/mol. The van der Waals surface area contributed by atoms with E-state index in [2.05, 4.69) is 264 Å². The van der Waals surface area contributed by atoms with Crippen LogP contribution in [0.4, 0.5) is 11.4 Å². The quantitative estimate of drug-likeness (QED) is 0.159. The van der Waals surface area contributed by atoms with Crippen molar-refractivity contribution in [3.63, 3.8) is 0 Å². The van der Waals surface area contributed by atoms with Gasteiger partial charge in [0.2, 0.25) is 0 Å². The molecule has 2 nitrogen and oxygen atoms in total. The number of hydrogen-bond acceptors (Lipinski definition) is 2. The van der Waals surface area contributed by atoms with Gasteiger partial charge < -0.3 is 9.53 Å². The third kappa shape index (κ3) is 6.14. The number of hydrogen-bond donors (Lipinski definition) is 0. The summed E-state index contributed by atoms with van der Waals surface area (Å²) in [6.07, 6.45) is 2.28. The Kier molecular flexibility index (Phi) is 9.09. The molecule has 0 saturated heterocycles. The molecule has 0 saturated carbocycles. The average Bonchev–Trinajstić information content (AvgIpc) is 3.40. The Morgan fingerprint density at radius 1 is 0.273 bits per heavy atom. The minimum Gasteiger partial charge on any atom is -0.430 e. The lowest BCUT2D eigenvalue weighted by atomic mass is 9.43. The maximum Gasteiger partial charge on any atom is 0.403 e. The SMILES string of the molecule is C1=CN(c2ccccc2)B(c2ccccc2)N(c2cccc(-c3ccc4c5cccc6c5=c5c(cccc5c5ccccc5c4c3)c3ccccc3c3ccccc63)c2)B1c1ccccc1. The van der Waals surface area contributed by atoms with Crippen molar-refractivity contribution >= 4 is 101 Å². The topological polar surface area (TPSA) is 6.48 Å². The van der Waals surface area contributed by atoms with Crippen molar-refractivity contribution < 1.29 is 0 Å². The molecule has 0 fully saturated rings. The molecule has 0 atom stereocenters. The van der Waals surface area contributed by atoms with Gasteiger partial charge in [-0.2, -0.15) is 0 Å². The predicted octanol–water partition coefficient (Wildman–Crippen LogP) is 14.2. The van der Waals surface area contributed by atoms with Gasteiger partial charge in [0.05, 0.1) is 0 Å². The number of anilines is 2. The summed E-state index contributed by atoms with van der Waals surface area (Å²) in [4.78, 5) is 2.41. The normalized spacial score (nSPS) is 13.0. The highest BCUT2D eigenvalue weighted by Crippen LogP contribution is 2.40. The molecular formula is C62H42B2N2. The van der Waals surface area contributed by atoms with Crippen molar-refractivity contribution in [1.82, 2.24) is 0 Å². The second-order valence-corrected chi connectivity index (χ2v) is 17.5. The summed E-state index contributed by atoms with van der Waals surface area (Å²) in [6, 6.07) is 89.8. The molecule has 2 aliphatic carbocycles. The Morgan fingerprint density at radius 2 is 0.667 bits per heavy atom. The fourth-order valence-electron chi connectivity index (χ4n) is 11.1. The molecular weight excluding hydrogens is 794 g/mol. The lowest BCUT2D eigenvalue weighted by Crippen LogP contribution is -2.68. The first-order valence-electron chi connectivity index (χ1n) is 23.0. The van der Waals surface area contributed by atoms with Crippen LogP contribution in [0.3, 0.4) is 0 Å². The van der Waals surface area contributed by atoms with Gasteiger partial charge in [-0.1, -0.05) is 224 Å². The number of benzene rings is 10. The molecule has 13 rings (SSSR count). The third-order valence-corrected chi connectivity index (χ3v) is 13.9. The van der Waals surface area contributed by atoms with Crippen molar-refractivity contribution in [2.45, 2.75) is 0 Å². The van der Waals surface area contributed by atoms with E-state index < -0.39 is 0 Å². The van der Waals surface area contributed by atoms with Crippen LogP contribution in [0.5, 0.6) is 0 Å². The van der Waals surface area contributed by atoms with Gasteiger partial charge in [0, 0.05) is 11.4 Å². The summed E-state index contributed by atoms with van der Waals surface area (Å²) in [6.45, 7) is -0.116. The van der Waals surface area contributed by atoms with Gasteiger partial charge in [-0.05, 0) is 128 Å². The Morgan fingerprint density at radius 3 is 1.21 bits per heavy atom. The van der Waals surface area contributed by atoms with Gasteiger partial charge in [-0.3, -0.25) is 0 Å². The van der Waals surface area contributed by atoms with Crippen LogP contribution in [0.25, 0.3) is 75.8 Å². The molecule has 0 unspecified atom stereocenters. The lowest BCUT2D eigenvalue weighted by molar-refractivity contribution is 1.31. The fourth-order valence-corrected chi connectivity index (χ4v) is 11.1. The molecule has 0 aromatic heterocycles. The summed E-state index contributed by atoms with van der Waals surface area (Å²) in [5.74, 6) is 2.35. The maximum atomic E-state index is 2.59. The van der Waals surface area contributed by atoms with E-state index in [1.165, 1.54) is 97.1 Å². The van der Waals surface area contributed by atoms with Crippen molar-refractivity contribution in [1.29, 1.82) is 0 Å². The highest BCUT2D eigenvalue weighted by Gasteiger charge is 2.41. The van der Waals surface area contributed by atoms with Crippen LogP contribution >= 0.6 is 0 Å². The average molecular weight is 837 g/mol. The molecule has 66 heavy (non-hydrogen) atoms.